The summed E-state index contributed by atoms with van der Waals surface area (Å²) in [6.07, 6.45) is 3.20. The van der Waals surface area contributed by atoms with Gasteiger partial charge in [0.1, 0.15) is 0 Å². The third-order valence-corrected chi connectivity index (χ3v) is 8.40. The van der Waals surface area contributed by atoms with Crippen molar-refractivity contribution in [2.24, 2.45) is 0 Å². The van der Waals surface area contributed by atoms with Crippen LogP contribution in [0.25, 0.3) is 11.0 Å². The molecule has 2 saturated heterocycles. The number of nitrogens with zero attached hydrogens (tertiary/aromatic N) is 3. The topological polar surface area (TPSA) is 105 Å². The summed E-state index contributed by atoms with van der Waals surface area (Å²) in [5, 5.41) is 3.61. The summed E-state index contributed by atoms with van der Waals surface area (Å²) >= 11 is 0. The number of carbonyl (C=O) groups is 1. The Labute approximate surface area is 198 Å². The van der Waals surface area contributed by atoms with E-state index in [2.05, 4.69) is 29.0 Å². The van der Waals surface area contributed by atoms with Crippen molar-refractivity contribution < 1.29 is 22.4 Å². The summed E-state index contributed by atoms with van der Waals surface area (Å²) in [6, 6.07) is 10.7. The smallest absolute Gasteiger partial charge is 0.287 e. The Hall–Kier alpha value is -2.79. The molecule has 2 atom stereocenters. The number of amides is 1. The fourth-order valence-corrected chi connectivity index (χ4v) is 6.39. The minimum Gasteiger partial charge on any atom is -0.449 e. The molecule has 2 aromatic heterocycles. The molecule has 180 valence electrons. The lowest BCUT2D eigenvalue weighted by Gasteiger charge is -2.49. The Bertz CT molecular complexity index is 1240. The van der Waals surface area contributed by atoms with Crippen LogP contribution < -0.4 is 5.32 Å². The number of hydrogen-bond acceptors (Lipinski definition) is 7. The Morgan fingerprint density at radius 1 is 1.12 bits per heavy atom. The van der Waals surface area contributed by atoms with E-state index >= 15 is 0 Å². The van der Waals surface area contributed by atoms with Gasteiger partial charge in [0.25, 0.3) is 5.91 Å². The molecule has 5 rings (SSSR count). The number of benzene rings is 1. The second kappa shape index (κ2) is 9.10. The summed E-state index contributed by atoms with van der Waals surface area (Å²) in [7, 11) is -3.60. The minimum absolute atomic E-state index is 0.121. The van der Waals surface area contributed by atoms with Gasteiger partial charge in [0, 0.05) is 43.3 Å². The van der Waals surface area contributed by atoms with Gasteiger partial charge in [-0.05, 0) is 43.7 Å². The van der Waals surface area contributed by atoms with E-state index < -0.39 is 10.0 Å². The average Bonchev–Trinajstić information content (AvgIpc) is 3.23. The monoisotopic (exact) mass is 484 g/mol. The Morgan fingerprint density at radius 3 is 2.44 bits per heavy atom. The SMILES string of the molecule is C[C@@H]1CN(S(=O)(=O)c2ccc(CNC(=O)c3cc4ccncc4o3)cc2)C[C@H](C)N1C1COC1. The van der Waals surface area contributed by atoms with Crippen LogP contribution in [0.3, 0.4) is 0 Å². The molecule has 0 bridgehead atoms. The van der Waals surface area contributed by atoms with Gasteiger partial charge in [-0.1, -0.05) is 12.1 Å². The van der Waals surface area contributed by atoms with Gasteiger partial charge in [-0.2, -0.15) is 4.31 Å². The molecule has 0 unspecified atom stereocenters. The van der Waals surface area contributed by atoms with Gasteiger partial charge in [-0.15, -0.1) is 0 Å². The van der Waals surface area contributed by atoms with E-state index in [4.69, 9.17) is 9.15 Å². The van der Waals surface area contributed by atoms with Gasteiger partial charge in [-0.3, -0.25) is 14.7 Å². The quantitative estimate of drug-likeness (QED) is 0.572. The Balaban J connectivity index is 1.22. The van der Waals surface area contributed by atoms with Gasteiger partial charge in [0.15, 0.2) is 11.3 Å². The van der Waals surface area contributed by atoms with E-state index in [1.807, 2.05) is 0 Å². The van der Waals surface area contributed by atoms with Crippen LogP contribution >= 0.6 is 0 Å². The number of ether oxygens (including phenoxy) is 1. The number of hydrogen-bond donors (Lipinski definition) is 1. The van der Waals surface area contributed by atoms with Crippen molar-refractivity contribution in [2.45, 2.75) is 43.4 Å². The molecule has 10 heteroatoms. The molecule has 3 aromatic rings. The molecule has 1 amide bonds. The van der Waals surface area contributed by atoms with E-state index in [0.717, 1.165) is 10.9 Å². The van der Waals surface area contributed by atoms with E-state index in [1.165, 1.54) is 0 Å². The van der Waals surface area contributed by atoms with E-state index in [0.29, 0.717) is 37.9 Å². The highest BCUT2D eigenvalue weighted by Gasteiger charge is 2.41. The third kappa shape index (κ3) is 4.34. The normalized spacial score (nSPS) is 22.5. The van der Waals surface area contributed by atoms with Crippen LogP contribution in [0.4, 0.5) is 0 Å². The van der Waals surface area contributed by atoms with Crippen molar-refractivity contribution in [2.75, 3.05) is 26.3 Å². The first-order valence-corrected chi connectivity index (χ1v) is 12.8. The number of furan rings is 1. The van der Waals surface area contributed by atoms with E-state index in [-0.39, 0.29) is 35.2 Å². The first-order valence-electron chi connectivity index (χ1n) is 11.4. The molecule has 0 radical (unpaired) electrons. The molecule has 1 aromatic carbocycles. The largest absolute Gasteiger partial charge is 0.449 e. The van der Waals surface area contributed by atoms with Crippen LogP contribution in [0, 0.1) is 0 Å². The predicted molar refractivity (Wildman–Crippen MR) is 126 cm³/mol. The summed E-state index contributed by atoms with van der Waals surface area (Å²) < 4.78 is 39.0. The molecular weight excluding hydrogens is 456 g/mol. The second-order valence-corrected chi connectivity index (χ2v) is 10.9. The van der Waals surface area contributed by atoms with Crippen LogP contribution in [0.15, 0.2) is 58.1 Å². The predicted octanol–water partition coefficient (Wildman–Crippen LogP) is 2.24. The number of rotatable bonds is 6. The summed E-state index contributed by atoms with van der Waals surface area (Å²) in [6.45, 7) is 6.73. The van der Waals surface area contributed by atoms with Gasteiger partial charge in [-0.25, -0.2) is 8.42 Å². The van der Waals surface area contributed by atoms with Crippen LogP contribution in [0.5, 0.6) is 0 Å². The average molecular weight is 485 g/mol. The maximum atomic E-state index is 13.3. The van der Waals surface area contributed by atoms with Crippen molar-refractivity contribution in [3.63, 3.8) is 0 Å². The molecule has 2 aliphatic rings. The molecule has 34 heavy (non-hydrogen) atoms. The molecule has 1 N–H and O–H groups in total. The molecule has 2 fully saturated rings. The first-order chi connectivity index (χ1) is 16.3. The maximum absolute atomic E-state index is 13.3. The van der Waals surface area contributed by atoms with Crippen LogP contribution in [-0.2, 0) is 21.3 Å². The number of aromatic nitrogens is 1. The summed E-state index contributed by atoms with van der Waals surface area (Å²) in [5.74, 6) is -0.136. The molecule has 0 spiro atoms. The van der Waals surface area contributed by atoms with Gasteiger partial charge in [0.05, 0.1) is 30.3 Å². The zero-order valence-corrected chi connectivity index (χ0v) is 20.0. The number of sulfonamides is 1. The van der Waals surface area contributed by atoms with Crippen molar-refractivity contribution in [1.29, 1.82) is 0 Å². The van der Waals surface area contributed by atoms with Crippen molar-refractivity contribution in [3.05, 3.63) is 60.1 Å². The molecular formula is C24H28N4O5S. The van der Waals surface area contributed by atoms with Gasteiger partial charge >= 0.3 is 0 Å². The third-order valence-electron chi connectivity index (χ3n) is 6.56. The fraction of sp³-hybridized carbons (Fsp3) is 0.417. The lowest BCUT2D eigenvalue weighted by atomic mass is 10.0. The highest BCUT2D eigenvalue weighted by Crippen LogP contribution is 2.27. The lowest BCUT2D eigenvalue weighted by Crippen LogP contribution is -2.64. The number of piperazine rings is 1. The molecule has 2 aliphatic heterocycles. The number of fused-ring (bicyclic) bond motifs is 1. The Morgan fingerprint density at radius 2 is 1.82 bits per heavy atom. The van der Waals surface area contributed by atoms with Crippen molar-refractivity contribution >= 4 is 26.9 Å². The van der Waals surface area contributed by atoms with Gasteiger partial charge < -0.3 is 14.5 Å². The highest BCUT2D eigenvalue weighted by atomic mass is 32.2. The molecule has 0 aliphatic carbocycles. The fourth-order valence-electron chi connectivity index (χ4n) is 4.79. The minimum atomic E-state index is -3.60. The molecule has 4 heterocycles. The number of pyridine rings is 1. The first kappa shape index (κ1) is 23.0. The van der Waals surface area contributed by atoms with Gasteiger partial charge in [0.2, 0.25) is 10.0 Å². The second-order valence-electron chi connectivity index (χ2n) is 9.01. The zero-order chi connectivity index (χ0) is 23.9. The summed E-state index contributed by atoms with van der Waals surface area (Å²) in [5.41, 5.74) is 1.34. The van der Waals surface area contributed by atoms with Crippen molar-refractivity contribution in [1.82, 2.24) is 19.5 Å². The van der Waals surface area contributed by atoms with Crippen LogP contribution in [0.2, 0.25) is 0 Å². The van der Waals surface area contributed by atoms with Crippen molar-refractivity contribution in [3.8, 4) is 0 Å². The maximum Gasteiger partial charge on any atom is 0.287 e. The summed E-state index contributed by atoms with van der Waals surface area (Å²) in [4.78, 5) is 19.1. The number of carbonyl (C=O) groups excluding carboxylic acids is 1. The zero-order valence-electron chi connectivity index (χ0n) is 19.2. The van der Waals surface area contributed by atoms with Crippen LogP contribution in [-0.4, -0.2) is 72.9 Å². The van der Waals surface area contributed by atoms with E-state index in [1.54, 1.807) is 53.1 Å². The lowest BCUT2D eigenvalue weighted by molar-refractivity contribution is -0.104. The standard InChI is InChI=1S/C24H28N4O5S/c1-16-12-27(13-17(2)28(16)20-14-32-15-20)34(30,31)21-5-3-18(4-6-21)10-26-24(29)22-9-19-7-8-25-11-23(19)33-22/h3-9,11,16-17,20H,10,12-15H2,1-2H3,(H,26,29)/t16-,17+. The number of nitrogens with one attached hydrogen (secondary N) is 1. The highest BCUT2D eigenvalue weighted by molar-refractivity contribution is 7.89. The van der Waals surface area contributed by atoms with E-state index in [9.17, 15) is 13.2 Å². The molecule has 9 nitrogen and oxygen atoms in total. The van der Waals surface area contributed by atoms with Crippen LogP contribution in [0.1, 0.15) is 30.0 Å². The molecule has 0 saturated carbocycles. The Kier molecular flexibility index (Phi) is 6.15.